The molecule has 3 atom stereocenters. The van der Waals surface area contributed by atoms with Crippen molar-refractivity contribution in [3.05, 3.63) is 0 Å². The van der Waals surface area contributed by atoms with Crippen LogP contribution in [0.4, 0.5) is 0 Å². The van der Waals surface area contributed by atoms with Crippen molar-refractivity contribution in [1.82, 2.24) is 5.32 Å². The van der Waals surface area contributed by atoms with Gasteiger partial charge in [-0.2, -0.15) is 0 Å². The van der Waals surface area contributed by atoms with Crippen LogP contribution < -0.4 is 5.32 Å². The fourth-order valence-electron chi connectivity index (χ4n) is 1.80. The molecule has 0 spiro atoms. The molecule has 1 aliphatic carbocycles. The molecular formula is C9H13NO2. The average Bonchev–Trinajstić information content (AvgIpc) is 2.58. The first-order chi connectivity index (χ1) is 5.68. The Morgan fingerprint density at radius 1 is 1.58 bits per heavy atom. The van der Waals surface area contributed by atoms with Crippen molar-refractivity contribution in [2.24, 2.45) is 11.8 Å². The van der Waals surface area contributed by atoms with E-state index < -0.39 is 0 Å². The number of nitrogens with one attached hydrogen (secondary N) is 1. The molecule has 2 fully saturated rings. The van der Waals surface area contributed by atoms with Gasteiger partial charge in [-0.05, 0) is 18.8 Å². The van der Waals surface area contributed by atoms with Crippen molar-refractivity contribution < 1.29 is 9.59 Å². The number of Topliss-reactive ketones (excluding diaryl/α,β-unsaturated/α-hetero) is 1. The summed E-state index contributed by atoms with van der Waals surface area (Å²) in [6.45, 7) is 2.08. The predicted molar refractivity (Wildman–Crippen MR) is 43.4 cm³/mol. The van der Waals surface area contributed by atoms with Crippen LogP contribution in [0.15, 0.2) is 0 Å². The molecule has 0 aromatic carbocycles. The van der Waals surface area contributed by atoms with E-state index >= 15 is 0 Å². The minimum atomic E-state index is -0.160. The highest BCUT2D eigenvalue weighted by atomic mass is 16.2. The van der Waals surface area contributed by atoms with E-state index in [4.69, 9.17) is 0 Å². The molecule has 1 saturated carbocycles. The first-order valence-corrected chi connectivity index (χ1v) is 4.51. The molecule has 0 bridgehead atoms. The van der Waals surface area contributed by atoms with Crippen molar-refractivity contribution in [2.45, 2.75) is 32.2 Å². The molecule has 0 radical (unpaired) electrons. The Hall–Kier alpha value is -0.860. The summed E-state index contributed by atoms with van der Waals surface area (Å²) in [6, 6.07) is -0.160. The van der Waals surface area contributed by atoms with E-state index in [1.54, 1.807) is 0 Å². The van der Waals surface area contributed by atoms with E-state index in [0.29, 0.717) is 18.8 Å². The van der Waals surface area contributed by atoms with Crippen LogP contribution in [0.1, 0.15) is 26.2 Å². The zero-order valence-corrected chi connectivity index (χ0v) is 7.17. The summed E-state index contributed by atoms with van der Waals surface area (Å²) in [5, 5.41) is 2.71. The van der Waals surface area contributed by atoms with Crippen molar-refractivity contribution >= 4 is 11.7 Å². The second-order valence-electron chi connectivity index (χ2n) is 3.88. The largest absolute Gasteiger partial charge is 0.346 e. The van der Waals surface area contributed by atoms with Gasteiger partial charge in [0.2, 0.25) is 5.91 Å². The highest BCUT2D eigenvalue weighted by molar-refractivity contribution is 5.94. The second-order valence-corrected chi connectivity index (χ2v) is 3.88. The van der Waals surface area contributed by atoms with E-state index in [9.17, 15) is 9.59 Å². The third kappa shape index (κ3) is 1.24. The summed E-state index contributed by atoms with van der Waals surface area (Å²) < 4.78 is 0. The van der Waals surface area contributed by atoms with E-state index in [1.165, 1.54) is 0 Å². The van der Waals surface area contributed by atoms with Crippen LogP contribution in [-0.2, 0) is 9.59 Å². The van der Waals surface area contributed by atoms with E-state index in [1.807, 2.05) is 0 Å². The molecule has 1 heterocycles. The zero-order valence-electron chi connectivity index (χ0n) is 7.17. The van der Waals surface area contributed by atoms with Crippen LogP contribution in [0.3, 0.4) is 0 Å². The summed E-state index contributed by atoms with van der Waals surface area (Å²) in [4.78, 5) is 22.4. The van der Waals surface area contributed by atoms with Gasteiger partial charge in [0.1, 0.15) is 0 Å². The number of hydrogen-bond donors (Lipinski definition) is 1. The average molecular weight is 167 g/mol. The van der Waals surface area contributed by atoms with E-state index in [0.717, 1.165) is 6.42 Å². The summed E-state index contributed by atoms with van der Waals surface area (Å²) in [5.74, 6) is 1.08. The number of ketones is 1. The maximum Gasteiger partial charge on any atom is 0.220 e. The molecule has 12 heavy (non-hydrogen) atoms. The van der Waals surface area contributed by atoms with Gasteiger partial charge in [-0.1, -0.05) is 6.92 Å². The SMILES string of the molecule is CC1CC1C(=O)C1CCC(=O)N1. The van der Waals surface area contributed by atoms with Gasteiger partial charge in [-0.25, -0.2) is 0 Å². The Kier molecular flexibility index (Phi) is 1.67. The molecule has 1 N–H and O–H groups in total. The van der Waals surface area contributed by atoms with Crippen molar-refractivity contribution in [3.63, 3.8) is 0 Å². The van der Waals surface area contributed by atoms with E-state index in [2.05, 4.69) is 12.2 Å². The lowest BCUT2D eigenvalue weighted by atomic mass is 10.1. The Labute approximate surface area is 71.5 Å². The van der Waals surface area contributed by atoms with Gasteiger partial charge < -0.3 is 5.32 Å². The highest BCUT2D eigenvalue weighted by Gasteiger charge is 2.43. The molecule has 3 heteroatoms. The fraction of sp³-hybridized carbons (Fsp3) is 0.778. The van der Waals surface area contributed by atoms with Gasteiger partial charge in [-0.15, -0.1) is 0 Å². The molecule has 2 aliphatic rings. The molecule has 0 aromatic heterocycles. The van der Waals surface area contributed by atoms with E-state index in [-0.39, 0.29) is 23.7 Å². The molecule has 66 valence electrons. The first-order valence-electron chi connectivity index (χ1n) is 4.51. The predicted octanol–water partition coefficient (Wildman–Crippen LogP) is 0.490. The van der Waals surface area contributed by atoms with Gasteiger partial charge in [0, 0.05) is 12.3 Å². The third-order valence-corrected chi connectivity index (χ3v) is 2.81. The smallest absolute Gasteiger partial charge is 0.220 e. The summed E-state index contributed by atoms with van der Waals surface area (Å²) in [5.41, 5.74) is 0. The lowest BCUT2D eigenvalue weighted by molar-refractivity contribution is -0.125. The number of rotatable bonds is 2. The monoisotopic (exact) mass is 167 g/mol. The van der Waals surface area contributed by atoms with Crippen molar-refractivity contribution in [1.29, 1.82) is 0 Å². The van der Waals surface area contributed by atoms with Gasteiger partial charge in [0.25, 0.3) is 0 Å². The maximum absolute atomic E-state index is 11.5. The molecule has 1 aliphatic heterocycles. The topological polar surface area (TPSA) is 46.2 Å². The van der Waals surface area contributed by atoms with Crippen LogP contribution >= 0.6 is 0 Å². The Balaban J connectivity index is 1.93. The summed E-state index contributed by atoms with van der Waals surface area (Å²) in [6.07, 6.45) is 2.25. The summed E-state index contributed by atoms with van der Waals surface area (Å²) >= 11 is 0. The van der Waals surface area contributed by atoms with Gasteiger partial charge in [0.05, 0.1) is 6.04 Å². The maximum atomic E-state index is 11.5. The molecule has 1 saturated heterocycles. The Morgan fingerprint density at radius 2 is 2.25 bits per heavy atom. The Morgan fingerprint density at radius 3 is 2.67 bits per heavy atom. The van der Waals surface area contributed by atoms with Crippen LogP contribution in [0.25, 0.3) is 0 Å². The number of carbonyl (C=O) groups excluding carboxylic acids is 2. The second kappa shape index (κ2) is 2.57. The zero-order chi connectivity index (χ0) is 8.72. The molecule has 0 aromatic rings. The van der Waals surface area contributed by atoms with Crippen molar-refractivity contribution in [2.75, 3.05) is 0 Å². The lowest BCUT2D eigenvalue weighted by Gasteiger charge is -2.06. The summed E-state index contributed by atoms with van der Waals surface area (Å²) in [7, 11) is 0. The van der Waals surface area contributed by atoms with Crippen LogP contribution in [-0.4, -0.2) is 17.7 Å². The molecule has 3 nitrogen and oxygen atoms in total. The molecule has 2 rings (SSSR count). The molecular weight excluding hydrogens is 154 g/mol. The number of amides is 1. The van der Waals surface area contributed by atoms with Gasteiger partial charge in [-0.3, -0.25) is 9.59 Å². The third-order valence-electron chi connectivity index (χ3n) is 2.81. The fourth-order valence-corrected chi connectivity index (χ4v) is 1.80. The van der Waals surface area contributed by atoms with Crippen LogP contribution in [0.5, 0.6) is 0 Å². The van der Waals surface area contributed by atoms with Crippen molar-refractivity contribution in [3.8, 4) is 0 Å². The molecule has 3 unspecified atom stereocenters. The minimum Gasteiger partial charge on any atom is -0.346 e. The number of hydrogen-bond acceptors (Lipinski definition) is 2. The Bertz CT molecular complexity index is 237. The number of carbonyl (C=O) groups is 2. The first kappa shape index (κ1) is 7.77. The van der Waals surface area contributed by atoms with Crippen LogP contribution in [0.2, 0.25) is 0 Å². The quantitative estimate of drug-likeness (QED) is 0.650. The molecule has 1 amide bonds. The van der Waals surface area contributed by atoms with Crippen LogP contribution in [0, 0.1) is 11.8 Å². The standard InChI is InChI=1S/C9H13NO2/c1-5-4-6(5)9(12)7-2-3-8(11)10-7/h5-7H,2-4H2,1H3,(H,10,11). The minimum absolute atomic E-state index is 0.0293. The lowest BCUT2D eigenvalue weighted by Crippen LogP contribution is -2.34. The highest BCUT2D eigenvalue weighted by Crippen LogP contribution is 2.39. The van der Waals surface area contributed by atoms with Gasteiger partial charge in [0.15, 0.2) is 5.78 Å². The van der Waals surface area contributed by atoms with Gasteiger partial charge >= 0.3 is 0 Å². The normalized spacial score (nSPS) is 39.4.